The lowest BCUT2D eigenvalue weighted by Crippen LogP contribution is -2.16. The molecule has 3 aromatic rings. The second-order valence-corrected chi connectivity index (χ2v) is 4.83. The van der Waals surface area contributed by atoms with Gasteiger partial charge in [0.15, 0.2) is 6.61 Å². The van der Waals surface area contributed by atoms with Gasteiger partial charge in [-0.1, -0.05) is 30.3 Å². The first-order chi connectivity index (χ1) is 10.7. The van der Waals surface area contributed by atoms with Crippen LogP contribution in [0.4, 0.5) is 0 Å². The van der Waals surface area contributed by atoms with Gasteiger partial charge in [0, 0.05) is 10.9 Å². The number of carbonyl (C=O) groups excluding carboxylic acids is 2. The van der Waals surface area contributed by atoms with Gasteiger partial charge in [-0.3, -0.25) is 4.79 Å². The molecule has 22 heavy (non-hydrogen) atoms. The zero-order valence-corrected chi connectivity index (χ0v) is 12.0. The average molecular weight is 298 g/mol. The number of fused-ring (bicyclic) bond motifs is 3. The molecule has 1 heterocycles. The number of ether oxygens (including phenoxy) is 2. The molecule has 5 heteroatoms. The van der Waals surface area contributed by atoms with Gasteiger partial charge in [0.1, 0.15) is 5.58 Å². The van der Waals surface area contributed by atoms with E-state index in [1.165, 1.54) is 7.11 Å². The fourth-order valence-electron chi connectivity index (χ4n) is 2.41. The SMILES string of the molecule is COC(=O)COC(=O)Cc1coc2ccc3ccccc3c12. The summed E-state index contributed by atoms with van der Waals surface area (Å²) in [6, 6.07) is 11.7. The minimum absolute atomic E-state index is 0.0397. The molecule has 0 aliphatic carbocycles. The third kappa shape index (κ3) is 2.65. The van der Waals surface area contributed by atoms with Gasteiger partial charge in [-0.2, -0.15) is 0 Å². The molecular formula is C17H14O5. The number of carbonyl (C=O) groups is 2. The zero-order valence-electron chi connectivity index (χ0n) is 12.0. The van der Waals surface area contributed by atoms with Gasteiger partial charge in [0.2, 0.25) is 0 Å². The van der Waals surface area contributed by atoms with Crippen LogP contribution in [0.5, 0.6) is 0 Å². The molecule has 1 aromatic heterocycles. The summed E-state index contributed by atoms with van der Waals surface area (Å²) in [5, 5.41) is 2.98. The molecule has 0 bridgehead atoms. The van der Waals surface area contributed by atoms with Crippen molar-refractivity contribution in [3.05, 3.63) is 48.2 Å². The van der Waals surface area contributed by atoms with Gasteiger partial charge >= 0.3 is 11.9 Å². The number of esters is 2. The Morgan fingerprint density at radius 1 is 1.09 bits per heavy atom. The van der Waals surface area contributed by atoms with E-state index in [-0.39, 0.29) is 13.0 Å². The van der Waals surface area contributed by atoms with Crippen LogP contribution in [-0.4, -0.2) is 25.7 Å². The van der Waals surface area contributed by atoms with E-state index in [4.69, 9.17) is 9.15 Å². The Morgan fingerprint density at radius 3 is 2.73 bits per heavy atom. The molecule has 0 aliphatic heterocycles. The molecule has 0 aliphatic rings. The molecule has 5 nitrogen and oxygen atoms in total. The predicted molar refractivity (Wildman–Crippen MR) is 80.4 cm³/mol. The van der Waals surface area contributed by atoms with Crippen molar-refractivity contribution < 1.29 is 23.5 Å². The van der Waals surface area contributed by atoms with Crippen molar-refractivity contribution in [1.82, 2.24) is 0 Å². The Bertz CT molecular complexity index is 847. The highest BCUT2D eigenvalue weighted by Crippen LogP contribution is 2.30. The number of furan rings is 1. The zero-order chi connectivity index (χ0) is 15.5. The fraction of sp³-hybridized carbons (Fsp3) is 0.176. The molecule has 0 radical (unpaired) electrons. The van der Waals surface area contributed by atoms with Crippen LogP contribution in [0.1, 0.15) is 5.56 Å². The van der Waals surface area contributed by atoms with Gasteiger partial charge < -0.3 is 13.9 Å². The number of methoxy groups -OCH3 is 1. The molecular weight excluding hydrogens is 284 g/mol. The number of hydrogen-bond donors (Lipinski definition) is 0. The maximum Gasteiger partial charge on any atom is 0.344 e. The van der Waals surface area contributed by atoms with Gasteiger partial charge in [-0.15, -0.1) is 0 Å². The summed E-state index contributed by atoms with van der Waals surface area (Å²) >= 11 is 0. The van der Waals surface area contributed by atoms with Crippen molar-refractivity contribution in [3.8, 4) is 0 Å². The van der Waals surface area contributed by atoms with Crippen LogP contribution in [-0.2, 0) is 25.5 Å². The van der Waals surface area contributed by atoms with Crippen molar-refractivity contribution in [2.45, 2.75) is 6.42 Å². The monoisotopic (exact) mass is 298 g/mol. The van der Waals surface area contributed by atoms with Crippen LogP contribution in [0, 0.1) is 0 Å². The van der Waals surface area contributed by atoms with E-state index in [0.29, 0.717) is 0 Å². The van der Waals surface area contributed by atoms with Gasteiger partial charge in [0.05, 0.1) is 19.8 Å². The highest BCUT2D eigenvalue weighted by atomic mass is 16.6. The van der Waals surface area contributed by atoms with Crippen LogP contribution in [0.3, 0.4) is 0 Å². The Balaban J connectivity index is 1.89. The van der Waals surface area contributed by atoms with Crippen molar-refractivity contribution in [3.63, 3.8) is 0 Å². The predicted octanol–water partition coefficient (Wildman–Crippen LogP) is 2.84. The molecule has 0 spiro atoms. The second kappa shape index (κ2) is 5.89. The number of rotatable bonds is 4. The van der Waals surface area contributed by atoms with Crippen LogP contribution in [0.15, 0.2) is 47.1 Å². The van der Waals surface area contributed by atoms with Gasteiger partial charge in [-0.05, 0) is 16.8 Å². The van der Waals surface area contributed by atoms with E-state index in [1.54, 1.807) is 6.26 Å². The van der Waals surface area contributed by atoms with Crippen molar-refractivity contribution in [2.24, 2.45) is 0 Å². The lowest BCUT2D eigenvalue weighted by molar-refractivity contribution is -0.156. The summed E-state index contributed by atoms with van der Waals surface area (Å²) in [6.07, 6.45) is 1.59. The summed E-state index contributed by atoms with van der Waals surface area (Å²) in [5.74, 6) is -1.09. The van der Waals surface area contributed by atoms with E-state index in [1.807, 2.05) is 36.4 Å². The molecule has 0 N–H and O–H groups in total. The fourth-order valence-corrected chi connectivity index (χ4v) is 2.41. The van der Waals surface area contributed by atoms with E-state index in [2.05, 4.69) is 4.74 Å². The summed E-state index contributed by atoms with van der Waals surface area (Å²) in [6.45, 7) is -0.383. The van der Waals surface area contributed by atoms with E-state index < -0.39 is 11.9 Å². The first kappa shape index (κ1) is 14.1. The quantitative estimate of drug-likeness (QED) is 0.693. The largest absolute Gasteiger partial charge is 0.466 e. The Labute approximate surface area is 126 Å². The Kier molecular flexibility index (Phi) is 3.78. The molecule has 0 fully saturated rings. The Morgan fingerprint density at radius 2 is 1.91 bits per heavy atom. The molecule has 0 saturated carbocycles. The lowest BCUT2D eigenvalue weighted by Gasteiger charge is -2.04. The van der Waals surface area contributed by atoms with Crippen LogP contribution in [0.25, 0.3) is 21.7 Å². The molecule has 0 amide bonds. The molecule has 0 saturated heterocycles. The Hall–Kier alpha value is -2.82. The van der Waals surface area contributed by atoms with Gasteiger partial charge in [-0.25, -0.2) is 4.79 Å². The third-order valence-corrected chi connectivity index (χ3v) is 3.45. The molecule has 2 aromatic carbocycles. The standard InChI is InChI=1S/C17H14O5/c1-20-16(19)10-22-15(18)8-12-9-21-14-7-6-11-4-2-3-5-13(11)17(12)14/h2-7,9H,8,10H2,1H3. The first-order valence-electron chi connectivity index (χ1n) is 6.79. The second-order valence-electron chi connectivity index (χ2n) is 4.83. The average Bonchev–Trinajstić information content (AvgIpc) is 2.96. The third-order valence-electron chi connectivity index (χ3n) is 3.45. The maximum atomic E-state index is 11.8. The van der Waals surface area contributed by atoms with Crippen molar-refractivity contribution in [1.29, 1.82) is 0 Å². The van der Waals surface area contributed by atoms with Gasteiger partial charge in [0.25, 0.3) is 0 Å². The minimum atomic E-state index is -0.587. The molecule has 112 valence electrons. The molecule has 0 atom stereocenters. The highest BCUT2D eigenvalue weighted by molar-refractivity contribution is 6.08. The van der Waals surface area contributed by atoms with E-state index in [9.17, 15) is 9.59 Å². The van der Waals surface area contributed by atoms with Crippen molar-refractivity contribution >= 4 is 33.7 Å². The van der Waals surface area contributed by atoms with E-state index >= 15 is 0 Å². The topological polar surface area (TPSA) is 65.7 Å². The first-order valence-corrected chi connectivity index (χ1v) is 6.79. The number of benzene rings is 2. The van der Waals surface area contributed by atoms with Crippen LogP contribution < -0.4 is 0 Å². The summed E-state index contributed by atoms with van der Waals surface area (Å²) in [4.78, 5) is 22.8. The summed E-state index contributed by atoms with van der Waals surface area (Å²) in [5.41, 5.74) is 1.45. The molecule has 3 rings (SSSR count). The van der Waals surface area contributed by atoms with Crippen molar-refractivity contribution in [2.75, 3.05) is 13.7 Å². The molecule has 0 unspecified atom stereocenters. The lowest BCUT2D eigenvalue weighted by atomic mass is 10.0. The number of hydrogen-bond acceptors (Lipinski definition) is 5. The smallest absolute Gasteiger partial charge is 0.344 e. The van der Waals surface area contributed by atoms with Crippen LogP contribution in [0.2, 0.25) is 0 Å². The summed E-state index contributed by atoms with van der Waals surface area (Å²) < 4.78 is 14.8. The maximum absolute atomic E-state index is 11.8. The normalized spacial score (nSPS) is 10.8. The highest BCUT2D eigenvalue weighted by Gasteiger charge is 2.15. The minimum Gasteiger partial charge on any atom is -0.466 e. The summed E-state index contributed by atoms with van der Waals surface area (Å²) in [7, 11) is 1.24. The van der Waals surface area contributed by atoms with Crippen LogP contribution >= 0.6 is 0 Å². The van der Waals surface area contributed by atoms with E-state index in [0.717, 1.165) is 27.3 Å².